The van der Waals surface area contributed by atoms with Crippen LogP contribution in [0.4, 0.5) is 5.69 Å². The smallest absolute Gasteiger partial charge is 0.238 e. The van der Waals surface area contributed by atoms with Crippen LogP contribution < -0.4 is 10.1 Å². The van der Waals surface area contributed by atoms with Crippen molar-refractivity contribution in [2.45, 2.75) is 13.1 Å². The van der Waals surface area contributed by atoms with Crippen LogP contribution in [-0.4, -0.2) is 24.5 Å². The van der Waals surface area contributed by atoms with Crippen molar-refractivity contribution in [2.75, 3.05) is 19.0 Å². The molecule has 108 valence electrons. The van der Waals surface area contributed by atoms with Crippen molar-refractivity contribution in [3.05, 3.63) is 59.7 Å². The highest BCUT2D eigenvalue weighted by atomic mass is 16.5. The Morgan fingerprint density at radius 3 is 2.29 bits per heavy atom. The van der Waals surface area contributed by atoms with Crippen molar-refractivity contribution in [3.63, 3.8) is 0 Å². The largest absolute Gasteiger partial charge is 0.497 e. The quantitative estimate of drug-likeness (QED) is 0.937. The lowest BCUT2D eigenvalue weighted by Gasteiger charge is -2.14. The van der Waals surface area contributed by atoms with Crippen LogP contribution in [0.5, 0.6) is 5.75 Å². The van der Waals surface area contributed by atoms with E-state index in [9.17, 15) is 4.79 Å². The van der Waals surface area contributed by atoms with Gasteiger partial charge in [-0.05, 0) is 35.4 Å². The molecule has 2 aromatic rings. The van der Waals surface area contributed by atoms with Crippen LogP contribution in [0, 0.1) is 0 Å². The third-order valence-corrected chi connectivity index (χ3v) is 3.65. The van der Waals surface area contributed by atoms with E-state index in [4.69, 9.17) is 4.74 Å². The van der Waals surface area contributed by atoms with E-state index in [1.807, 2.05) is 36.4 Å². The molecule has 3 rings (SSSR count). The number of rotatable bonds is 4. The lowest BCUT2D eigenvalue weighted by Crippen LogP contribution is -2.29. The van der Waals surface area contributed by atoms with Gasteiger partial charge in [-0.1, -0.05) is 24.3 Å². The molecule has 21 heavy (non-hydrogen) atoms. The predicted octanol–water partition coefficient (Wildman–Crippen LogP) is 2.65. The van der Waals surface area contributed by atoms with E-state index in [1.165, 1.54) is 11.1 Å². The summed E-state index contributed by atoms with van der Waals surface area (Å²) in [5.41, 5.74) is 3.42. The highest BCUT2D eigenvalue weighted by Gasteiger charge is 2.20. The van der Waals surface area contributed by atoms with Crippen molar-refractivity contribution in [2.24, 2.45) is 0 Å². The van der Waals surface area contributed by atoms with Gasteiger partial charge in [-0.3, -0.25) is 9.69 Å². The fraction of sp³-hybridized carbons (Fsp3) is 0.235. The second-order valence-corrected chi connectivity index (χ2v) is 5.19. The molecule has 0 aromatic heterocycles. The summed E-state index contributed by atoms with van der Waals surface area (Å²) in [7, 11) is 1.62. The maximum atomic E-state index is 12.1. The van der Waals surface area contributed by atoms with Crippen LogP contribution in [0.1, 0.15) is 11.1 Å². The predicted molar refractivity (Wildman–Crippen MR) is 82.2 cm³/mol. The van der Waals surface area contributed by atoms with Crippen molar-refractivity contribution >= 4 is 11.6 Å². The van der Waals surface area contributed by atoms with Gasteiger partial charge >= 0.3 is 0 Å². The molecule has 0 spiro atoms. The Kier molecular flexibility index (Phi) is 3.88. The summed E-state index contributed by atoms with van der Waals surface area (Å²) in [5, 5.41) is 2.91. The number of benzene rings is 2. The van der Waals surface area contributed by atoms with E-state index in [-0.39, 0.29) is 5.91 Å². The Morgan fingerprint density at radius 1 is 1.10 bits per heavy atom. The molecule has 0 fully saturated rings. The Morgan fingerprint density at radius 2 is 1.71 bits per heavy atom. The lowest BCUT2D eigenvalue weighted by atomic mass is 10.1. The van der Waals surface area contributed by atoms with Gasteiger partial charge in [-0.2, -0.15) is 0 Å². The molecule has 0 atom stereocenters. The third-order valence-electron chi connectivity index (χ3n) is 3.65. The number of carbonyl (C=O) groups excluding carboxylic acids is 1. The van der Waals surface area contributed by atoms with Crippen molar-refractivity contribution < 1.29 is 9.53 Å². The second-order valence-electron chi connectivity index (χ2n) is 5.19. The number of methoxy groups -OCH3 is 1. The number of fused-ring (bicyclic) bond motifs is 1. The molecular weight excluding hydrogens is 264 g/mol. The summed E-state index contributed by atoms with van der Waals surface area (Å²) in [5.74, 6) is 0.788. The van der Waals surface area contributed by atoms with E-state index < -0.39 is 0 Å². The van der Waals surface area contributed by atoms with Gasteiger partial charge in [-0.25, -0.2) is 0 Å². The summed E-state index contributed by atoms with van der Waals surface area (Å²) in [4.78, 5) is 14.2. The van der Waals surface area contributed by atoms with Gasteiger partial charge in [0.1, 0.15) is 5.75 Å². The molecule has 0 saturated carbocycles. The molecular formula is C17H18N2O2. The molecule has 4 heteroatoms. The summed E-state index contributed by atoms with van der Waals surface area (Å²) >= 11 is 0. The maximum absolute atomic E-state index is 12.1. The monoisotopic (exact) mass is 282 g/mol. The van der Waals surface area contributed by atoms with E-state index >= 15 is 0 Å². The van der Waals surface area contributed by atoms with Crippen LogP contribution >= 0.6 is 0 Å². The number of amides is 1. The fourth-order valence-electron chi connectivity index (χ4n) is 2.59. The summed E-state index contributed by atoms with van der Waals surface area (Å²) in [6.45, 7) is 2.08. The average molecular weight is 282 g/mol. The highest BCUT2D eigenvalue weighted by Crippen LogP contribution is 2.22. The van der Waals surface area contributed by atoms with Crippen molar-refractivity contribution in [1.29, 1.82) is 0 Å². The first kappa shape index (κ1) is 13.6. The zero-order valence-electron chi connectivity index (χ0n) is 12.0. The van der Waals surface area contributed by atoms with Crippen LogP contribution in [0.3, 0.4) is 0 Å². The fourth-order valence-corrected chi connectivity index (χ4v) is 2.59. The lowest BCUT2D eigenvalue weighted by molar-refractivity contribution is -0.117. The maximum Gasteiger partial charge on any atom is 0.238 e. The Hall–Kier alpha value is -2.33. The number of carbonyl (C=O) groups is 1. The van der Waals surface area contributed by atoms with Gasteiger partial charge in [0.05, 0.1) is 13.7 Å². The molecule has 2 aromatic carbocycles. The number of nitrogens with one attached hydrogen (secondary N) is 1. The Bertz CT molecular complexity index is 612. The van der Waals surface area contributed by atoms with Gasteiger partial charge in [0.15, 0.2) is 0 Å². The van der Waals surface area contributed by atoms with Gasteiger partial charge in [0, 0.05) is 18.8 Å². The molecule has 0 radical (unpaired) electrons. The zero-order chi connectivity index (χ0) is 14.7. The molecule has 1 aliphatic heterocycles. The molecule has 4 nitrogen and oxygen atoms in total. The first-order valence-electron chi connectivity index (χ1n) is 6.97. The molecule has 1 heterocycles. The normalized spacial score (nSPS) is 13.8. The SMILES string of the molecule is COc1ccc(NC(=O)CN2Cc3ccccc3C2)cc1. The number of ether oxygens (including phenoxy) is 1. The summed E-state index contributed by atoms with van der Waals surface area (Å²) in [6, 6.07) is 15.7. The zero-order valence-corrected chi connectivity index (χ0v) is 12.0. The van der Waals surface area contributed by atoms with E-state index in [0.29, 0.717) is 6.54 Å². The number of nitrogens with zero attached hydrogens (tertiary/aromatic N) is 1. The van der Waals surface area contributed by atoms with Gasteiger partial charge in [0.25, 0.3) is 0 Å². The third kappa shape index (κ3) is 3.23. The summed E-state index contributed by atoms with van der Waals surface area (Å²) in [6.07, 6.45) is 0. The molecule has 0 bridgehead atoms. The second kappa shape index (κ2) is 5.97. The van der Waals surface area contributed by atoms with Gasteiger partial charge in [-0.15, -0.1) is 0 Å². The minimum Gasteiger partial charge on any atom is -0.497 e. The number of hydrogen-bond acceptors (Lipinski definition) is 3. The van der Waals surface area contributed by atoms with Crippen LogP contribution in [-0.2, 0) is 17.9 Å². The Balaban J connectivity index is 1.55. The molecule has 1 amide bonds. The summed E-state index contributed by atoms with van der Waals surface area (Å²) < 4.78 is 5.10. The minimum atomic E-state index is 0.00738. The Labute approximate surface area is 124 Å². The van der Waals surface area contributed by atoms with E-state index in [1.54, 1.807) is 7.11 Å². The topological polar surface area (TPSA) is 41.6 Å². The van der Waals surface area contributed by atoms with E-state index in [0.717, 1.165) is 24.5 Å². The van der Waals surface area contributed by atoms with Crippen molar-refractivity contribution in [1.82, 2.24) is 4.90 Å². The molecule has 1 aliphatic rings. The van der Waals surface area contributed by atoms with Crippen LogP contribution in [0.15, 0.2) is 48.5 Å². The first-order chi connectivity index (χ1) is 10.2. The standard InChI is InChI=1S/C17H18N2O2/c1-21-16-8-6-15(7-9-16)18-17(20)12-19-10-13-4-2-3-5-14(13)11-19/h2-9H,10-12H2,1H3,(H,18,20). The molecule has 0 unspecified atom stereocenters. The minimum absolute atomic E-state index is 0.00738. The van der Waals surface area contributed by atoms with Crippen LogP contribution in [0.25, 0.3) is 0 Å². The van der Waals surface area contributed by atoms with Gasteiger partial charge in [0.2, 0.25) is 5.91 Å². The first-order valence-corrected chi connectivity index (χ1v) is 6.97. The van der Waals surface area contributed by atoms with Gasteiger partial charge < -0.3 is 10.1 Å². The van der Waals surface area contributed by atoms with Crippen LogP contribution in [0.2, 0.25) is 0 Å². The highest BCUT2D eigenvalue weighted by molar-refractivity contribution is 5.92. The van der Waals surface area contributed by atoms with E-state index in [2.05, 4.69) is 22.3 Å². The molecule has 0 saturated heterocycles. The average Bonchev–Trinajstić information content (AvgIpc) is 2.90. The van der Waals surface area contributed by atoms with Crippen molar-refractivity contribution in [3.8, 4) is 5.75 Å². The molecule has 0 aliphatic carbocycles. The number of anilines is 1. The number of hydrogen-bond donors (Lipinski definition) is 1. The molecule has 1 N–H and O–H groups in total.